The van der Waals surface area contributed by atoms with Crippen molar-refractivity contribution in [3.8, 4) is 5.75 Å². The fraction of sp³-hybridized carbons (Fsp3) is 0.316. The van der Waals surface area contributed by atoms with E-state index in [9.17, 15) is 35.2 Å². The molecule has 1 aliphatic rings. The molecule has 1 heterocycles. The van der Waals surface area contributed by atoms with Crippen molar-refractivity contribution in [2.45, 2.75) is 17.7 Å². The van der Waals surface area contributed by atoms with Gasteiger partial charge in [0.05, 0.1) is 10.5 Å². The van der Waals surface area contributed by atoms with E-state index in [4.69, 9.17) is 0 Å². The molecule has 0 atom stereocenters. The first-order valence-electron chi connectivity index (χ1n) is 9.00. The highest BCUT2D eigenvalue weighted by Gasteiger charge is 2.34. The van der Waals surface area contributed by atoms with Crippen LogP contribution in [0.3, 0.4) is 0 Å². The summed E-state index contributed by atoms with van der Waals surface area (Å²) in [5, 5.41) is 0. The first-order chi connectivity index (χ1) is 14.5. The number of carbonyl (C=O) groups excluding carboxylic acids is 1. The number of nitrogens with zero attached hydrogens (tertiary/aromatic N) is 2. The van der Waals surface area contributed by atoms with E-state index in [1.54, 1.807) is 0 Å². The topological polar surface area (TPSA) is 66.9 Å². The van der Waals surface area contributed by atoms with Gasteiger partial charge >= 0.3 is 12.8 Å². The van der Waals surface area contributed by atoms with Crippen molar-refractivity contribution in [3.63, 3.8) is 0 Å². The van der Waals surface area contributed by atoms with Crippen molar-refractivity contribution in [3.05, 3.63) is 59.7 Å². The Balaban J connectivity index is 1.70. The average Bonchev–Trinajstić information content (AvgIpc) is 2.72. The summed E-state index contributed by atoms with van der Waals surface area (Å²) in [6.45, 7) is -3.34. The zero-order valence-electron chi connectivity index (χ0n) is 15.9. The van der Waals surface area contributed by atoms with Gasteiger partial charge in [-0.3, -0.25) is 4.79 Å². The highest BCUT2D eigenvalue weighted by Crippen LogP contribution is 2.31. The molecule has 0 N–H and O–H groups in total. The maximum Gasteiger partial charge on any atom is 0.416 e. The van der Waals surface area contributed by atoms with Gasteiger partial charge in [0.1, 0.15) is 5.75 Å². The summed E-state index contributed by atoms with van der Waals surface area (Å²) in [6, 6.07) is 8.65. The Morgan fingerprint density at radius 1 is 0.968 bits per heavy atom. The molecular formula is C19H17F5N2O4S. The lowest BCUT2D eigenvalue weighted by atomic mass is 10.1. The number of halogens is 5. The first-order valence-corrected chi connectivity index (χ1v) is 10.4. The molecule has 2 aromatic rings. The summed E-state index contributed by atoms with van der Waals surface area (Å²) in [7, 11) is -4.19. The maximum atomic E-state index is 12.9. The van der Waals surface area contributed by atoms with E-state index in [2.05, 4.69) is 4.74 Å². The third kappa shape index (κ3) is 5.31. The van der Waals surface area contributed by atoms with Crippen molar-refractivity contribution in [2.75, 3.05) is 26.2 Å². The first kappa shape index (κ1) is 22.9. The molecule has 0 bridgehead atoms. The van der Waals surface area contributed by atoms with E-state index < -0.39 is 39.2 Å². The fourth-order valence-electron chi connectivity index (χ4n) is 3.10. The molecule has 0 unspecified atom stereocenters. The number of benzene rings is 2. The van der Waals surface area contributed by atoms with E-state index in [1.807, 2.05) is 0 Å². The Hall–Kier alpha value is -2.73. The fourth-order valence-corrected chi connectivity index (χ4v) is 4.57. The van der Waals surface area contributed by atoms with Crippen LogP contribution in [-0.4, -0.2) is 56.3 Å². The van der Waals surface area contributed by atoms with Crippen LogP contribution in [0.1, 0.15) is 15.9 Å². The Kier molecular flexibility index (Phi) is 6.51. The minimum absolute atomic E-state index is 0.0169. The van der Waals surface area contributed by atoms with E-state index in [0.717, 1.165) is 28.6 Å². The molecular weight excluding hydrogens is 447 g/mol. The molecule has 0 saturated carbocycles. The molecule has 6 nitrogen and oxygen atoms in total. The number of sulfonamides is 1. The molecule has 1 saturated heterocycles. The smallest absolute Gasteiger partial charge is 0.416 e. The second-order valence-corrected chi connectivity index (χ2v) is 8.57. The van der Waals surface area contributed by atoms with Gasteiger partial charge in [-0.2, -0.15) is 26.3 Å². The summed E-state index contributed by atoms with van der Waals surface area (Å²) in [5.74, 6) is -0.692. The van der Waals surface area contributed by atoms with Gasteiger partial charge in [0.25, 0.3) is 5.91 Å². The summed E-state index contributed by atoms with van der Waals surface area (Å²) in [6.07, 6.45) is -4.68. The number of amides is 1. The van der Waals surface area contributed by atoms with Crippen LogP contribution in [-0.2, 0) is 16.2 Å². The van der Waals surface area contributed by atoms with Crippen LogP contribution in [0.15, 0.2) is 53.4 Å². The lowest BCUT2D eigenvalue weighted by molar-refractivity contribution is -0.137. The molecule has 1 amide bonds. The second-order valence-electron chi connectivity index (χ2n) is 6.63. The van der Waals surface area contributed by atoms with Crippen molar-refractivity contribution in [1.82, 2.24) is 9.21 Å². The number of rotatable bonds is 5. The van der Waals surface area contributed by atoms with E-state index in [0.29, 0.717) is 6.07 Å². The van der Waals surface area contributed by atoms with Crippen molar-refractivity contribution >= 4 is 15.9 Å². The van der Waals surface area contributed by atoms with Crippen molar-refractivity contribution < 1.29 is 39.9 Å². The van der Waals surface area contributed by atoms with Gasteiger partial charge in [-0.1, -0.05) is 12.1 Å². The van der Waals surface area contributed by atoms with Crippen molar-refractivity contribution in [1.29, 1.82) is 0 Å². The predicted octanol–water partition coefficient (Wildman–Crippen LogP) is 3.45. The van der Waals surface area contributed by atoms with Gasteiger partial charge < -0.3 is 9.64 Å². The lowest BCUT2D eigenvalue weighted by Crippen LogP contribution is -2.50. The van der Waals surface area contributed by atoms with Gasteiger partial charge in [-0.05, 0) is 36.4 Å². The Morgan fingerprint density at radius 2 is 1.61 bits per heavy atom. The zero-order chi connectivity index (χ0) is 22.8. The summed E-state index contributed by atoms with van der Waals surface area (Å²) in [4.78, 5) is 13.5. The zero-order valence-corrected chi connectivity index (χ0v) is 16.7. The Morgan fingerprint density at radius 3 is 2.23 bits per heavy atom. The third-order valence-corrected chi connectivity index (χ3v) is 6.53. The van der Waals surface area contributed by atoms with E-state index in [1.165, 1.54) is 23.1 Å². The molecule has 2 aromatic carbocycles. The number of carbonyl (C=O) groups is 1. The Bertz CT molecular complexity index is 1050. The predicted molar refractivity (Wildman–Crippen MR) is 99.2 cm³/mol. The van der Waals surface area contributed by atoms with Crippen LogP contribution in [0.25, 0.3) is 0 Å². The lowest BCUT2D eigenvalue weighted by Gasteiger charge is -2.34. The highest BCUT2D eigenvalue weighted by molar-refractivity contribution is 7.89. The quantitative estimate of drug-likeness (QED) is 0.636. The van der Waals surface area contributed by atoms with Gasteiger partial charge in [0, 0.05) is 31.7 Å². The molecule has 0 radical (unpaired) electrons. The minimum atomic E-state index is -4.68. The van der Waals surface area contributed by atoms with E-state index >= 15 is 0 Å². The SMILES string of the molecule is O=C(c1cccc(OC(F)F)c1)N1CCN(S(=O)(=O)c2cccc(C(F)(F)F)c2)CC1. The monoisotopic (exact) mass is 464 g/mol. The van der Waals surface area contributed by atoms with Gasteiger partial charge in [0.2, 0.25) is 10.0 Å². The molecule has 0 aromatic heterocycles. The van der Waals surface area contributed by atoms with Crippen LogP contribution in [0.4, 0.5) is 22.0 Å². The van der Waals surface area contributed by atoms with Gasteiger partial charge in [-0.25, -0.2) is 8.42 Å². The molecule has 0 spiro atoms. The molecule has 168 valence electrons. The summed E-state index contributed by atoms with van der Waals surface area (Å²) < 4.78 is 94.1. The molecule has 0 aliphatic carbocycles. The second kappa shape index (κ2) is 8.79. The number of piperazine rings is 1. The number of hydrogen-bond acceptors (Lipinski definition) is 4. The largest absolute Gasteiger partial charge is 0.435 e. The van der Waals surface area contributed by atoms with Gasteiger partial charge in [0.15, 0.2) is 0 Å². The average molecular weight is 464 g/mol. The number of hydrogen-bond donors (Lipinski definition) is 0. The van der Waals surface area contributed by atoms with Crippen LogP contribution in [0, 0.1) is 0 Å². The van der Waals surface area contributed by atoms with Crippen LogP contribution in [0.2, 0.25) is 0 Å². The number of alkyl halides is 5. The summed E-state index contributed by atoms with van der Waals surface area (Å²) in [5.41, 5.74) is -0.986. The van der Waals surface area contributed by atoms with Crippen LogP contribution in [0.5, 0.6) is 5.75 Å². The standard InChI is InChI=1S/C19H17F5N2O4S/c20-18(21)30-15-5-1-3-13(11-15)17(27)25-7-9-26(10-8-25)31(28,29)16-6-2-4-14(12-16)19(22,23)24/h1-6,11-12,18H,7-10H2. The maximum absolute atomic E-state index is 12.9. The van der Waals surface area contributed by atoms with Crippen LogP contribution < -0.4 is 4.74 Å². The third-order valence-electron chi connectivity index (χ3n) is 4.63. The normalized spacial score (nSPS) is 15.9. The number of ether oxygens (including phenoxy) is 1. The molecule has 1 aliphatic heterocycles. The minimum Gasteiger partial charge on any atom is -0.435 e. The van der Waals surface area contributed by atoms with Gasteiger partial charge in [-0.15, -0.1) is 0 Å². The van der Waals surface area contributed by atoms with E-state index in [-0.39, 0.29) is 37.5 Å². The molecule has 31 heavy (non-hydrogen) atoms. The van der Waals surface area contributed by atoms with Crippen LogP contribution >= 0.6 is 0 Å². The Labute approximate surface area is 174 Å². The molecule has 12 heteroatoms. The molecule has 3 rings (SSSR count). The molecule has 1 fully saturated rings. The summed E-state index contributed by atoms with van der Waals surface area (Å²) >= 11 is 0. The van der Waals surface area contributed by atoms with Crippen molar-refractivity contribution in [2.24, 2.45) is 0 Å². The highest BCUT2D eigenvalue weighted by atomic mass is 32.2.